The molecule has 2 unspecified atom stereocenters. The summed E-state index contributed by atoms with van der Waals surface area (Å²) in [7, 11) is 2.23. The summed E-state index contributed by atoms with van der Waals surface area (Å²) in [5, 5.41) is 11.5. The van der Waals surface area contributed by atoms with Gasteiger partial charge in [-0.25, -0.2) is 0 Å². The summed E-state index contributed by atoms with van der Waals surface area (Å²) in [6, 6.07) is 14.5. The lowest BCUT2D eigenvalue weighted by Crippen LogP contribution is -2.52. The second-order valence-electron chi connectivity index (χ2n) is 8.07. The Morgan fingerprint density at radius 3 is 2.96 bits per heavy atom. The second-order valence-corrected chi connectivity index (χ2v) is 8.98. The number of fused-ring (bicyclic) bond motifs is 4. The largest absolute Gasteiger partial charge is 0.508 e. The van der Waals surface area contributed by atoms with E-state index in [1.165, 1.54) is 27.7 Å². The molecule has 0 amide bonds. The number of rotatable bonds is 1. The van der Waals surface area contributed by atoms with Crippen molar-refractivity contribution in [3.63, 3.8) is 0 Å². The molecule has 2 atom stereocenters. The first-order valence-corrected chi connectivity index (χ1v) is 10.1. The lowest BCUT2D eigenvalue weighted by Gasteiger charge is -2.50. The van der Waals surface area contributed by atoms with Gasteiger partial charge < -0.3 is 15.0 Å². The molecule has 2 aliphatic rings. The van der Waals surface area contributed by atoms with E-state index >= 15 is 0 Å². The first-order chi connectivity index (χ1) is 12.5. The van der Waals surface area contributed by atoms with Crippen molar-refractivity contribution < 1.29 is 5.11 Å². The van der Waals surface area contributed by atoms with Crippen LogP contribution in [0.2, 0.25) is 0 Å². The van der Waals surface area contributed by atoms with Crippen molar-refractivity contribution in [3.05, 3.63) is 63.8 Å². The Labute approximate surface area is 162 Å². The summed E-state index contributed by atoms with van der Waals surface area (Å²) >= 11 is 3.60. The molecule has 26 heavy (non-hydrogen) atoms. The summed E-state index contributed by atoms with van der Waals surface area (Å²) in [6.07, 6.45) is 3.25. The highest BCUT2D eigenvalue weighted by molar-refractivity contribution is 9.10. The Bertz CT molecular complexity index is 995. The van der Waals surface area contributed by atoms with Gasteiger partial charge in [0.15, 0.2) is 0 Å². The maximum atomic E-state index is 10.1. The molecular weight excluding hydrogens is 388 g/mol. The standard InChI is InChI=1S/C22H23BrN2O/c1-25-8-7-22(14-3-2-4-17(26)9-14)12-21-19(10-15(22)13-25)18-6-5-16(23)11-20(18)24-21/h2-6,9,11,15,24,26H,7-8,10,12-13H2,1H3. The third-order valence-corrected chi connectivity index (χ3v) is 7.07. The van der Waals surface area contributed by atoms with Crippen LogP contribution in [-0.4, -0.2) is 35.1 Å². The van der Waals surface area contributed by atoms with E-state index in [1.54, 1.807) is 6.07 Å². The van der Waals surface area contributed by atoms with E-state index in [0.29, 0.717) is 11.7 Å². The summed E-state index contributed by atoms with van der Waals surface area (Å²) in [5.74, 6) is 0.944. The monoisotopic (exact) mass is 410 g/mol. The number of nitrogens with zero attached hydrogens (tertiary/aromatic N) is 1. The number of hydrogen-bond acceptors (Lipinski definition) is 2. The Morgan fingerprint density at radius 2 is 2.12 bits per heavy atom. The fourth-order valence-corrected chi connectivity index (χ4v) is 5.62. The van der Waals surface area contributed by atoms with Gasteiger partial charge in [-0.05, 0) is 74.2 Å². The van der Waals surface area contributed by atoms with Crippen LogP contribution in [0.25, 0.3) is 10.9 Å². The highest BCUT2D eigenvalue weighted by atomic mass is 79.9. The van der Waals surface area contributed by atoms with Crippen LogP contribution in [0.5, 0.6) is 5.75 Å². The third-order valence-electron chi connectivity index (χ3n) is 6.57. The number of aromatic hydroxyl groups is 1. The second kappa shape index (κ2) is 5.86. The minimum atomic E-state index is 0.107. The summed E-state index contributed by atoms with van der Waals surface area (Å²) < 4.78 is 1.11. The van der Waals surface area contributed by atoms with Gasteiger partial charge in [0, 0.05) is 33.0 Å². The van der Waals surface area contributed by atoms with Crippen LogP contribution in [0.4, 0.5) is 0 Å². The molecule has 1 aliphatic heterocycles. The van der Waals surface area contributed by atoms with Gasteiger partial charge >= 0.3 is 0 Å². The maximum absolute atomic E-state index is 10.1. The quantitative estimate of drug-likeness (QED) is 0.613. The zero-order valence-corrected chi connectivity index (χ0v) is 16.5. The molecule has 1 saturated heterocycles. The number of hydrogen-bond donors (Lipinski definition) is 2. The van der Waals surface area contributed by atoms with Crippen molar-refractivity contribution in [1.29, 1.82) is 0 Å². The number of likely N-dealkylation sites (tertiary alicyclic amines) is 1. The van der Waals surface area contributed by atoms with Gasteiger partial charge in [0.2, 0.25) is 0 Å². The van der Waals surface area contributed by atoms with Crippen LogP contribution in [0, 0.1) is 5.92 Å². The fraction of sp³-hybridized carbons (Fsp3) is 0.364. The van der Waals surface area contributed by atoms with E-state index < -0.39 is 0 Å². The summed E-state index contributed by atoms with van der Waals surface area (Å²) in [6.45, 7) is 2.21. The van der Waals surface area contributed by atoms with Crippen LogP contribution in [0.1, 0.15) is 23.2 Å². The van der Waals surface area contributed by atoms with E-state index in [-0.39, 0.29) is 5.41 Å². The molecule has 0 bridgehead atoms. The number of aromatic amines is 1. The Morgan fingerprint density at radius 1 is 1.23 bits per heavy atom. The van der Waals surface area contributed by atoms with Crippen molar-refractivity contribution in [3.8, 4) is 5.75 Å². The minimum Gasteiger partial charge on any atom is -0.508 e. The molecular formula is C22H23BrN2O. The molecule has 1 aromatic heterocycles. The minimum absolute atomic E-state index is 0.107. The lowest BCUT2D eigenvalue weighted by molar-refractivity contribution is 0.0994. The average Bonchev–Trinajstić information content (AvgIpc) is 2.95. The van der Waals surface area contributed by atoms with Crippen LogP contribution < -0.4 is 0 Å². The Hall–Kier alpha value is -1.78. The van der Waals surface area contributed by atoms with Crippen LogP contribution in [-0.2, 0) is 18.3 Å². The van der Waals surface area contributed by atoms with Gasteiger partial charge in [0.1, 0.15) is 5.75 Å². The number of nitrogens with one attached hydrogen (secondary N) is 1. The summed E-state index contributed by atoms with van der Waals surface area (Å²) in [5.41, 5.74) is 5.49. The van der Waals surface area contributed by atoms with Gasteiger partial charge in [-0.15, -0.1) is 0 Å². The van der Waals surface area contributed by atoms with E-state index in [1.807, 2.05) is 12.1 Å². The molecule has 2 aromatic carbocycles. The number of aromatic nitrogens is 1. The molecule has 2 N–H and O–H groups in total. The normalized spacial score (nSPS) is 25.8. The molecule has 1 fully saturated rings. The molecule has 3 nitrogen and oxygen atoms in total. The number of phenols is 1. The van der Waals surface area contributed by atoms with Gasteiger partial charge in [0.05, 0.1) is 0 Å². The van der Waals surface area contributed by atoms with Crippen molar-refractivity contribution in [2.75, 3.05) is 20.1 Å². The van der Waals surface area contributed by atoms with Gasteiger partial charge in [0.25, 0.3) is 0 Å². The molecule has 4 heteroatoms. The van der Waals surface area contributed by atoms with Crippen LogP contribution in [0.3, 0.4) is 0 Å². The predicted octanol–water partition coefficient (Wildman–Crippen LogP) is 4.62. The summed E-state index contributed by atoms with van der Waals surface area (Å²) in [4.78, 5) is 6.16. The number of H-pyrrole nitrogens is 1. The van der Waals surface area contributed by atoms with Crippen molar-refractivity contribution in [2.45, 2.75) is 24.7 Å². The van der Waals surface area contributed by atoms with Gasteiger partial charge in [-0.3, -0.25) is 0 Å². The number of benzene rings is 2. The average molecular weight is 411 g/mol. The van der Waals surface area contributed by atoms with E-state index in [0.717, 1.165) is 36.8 Å². The van der Waals surface area contributed by atoms with Crippen LogP contribution in [0.15, 0.2) is 46.9 Å². The smallest absolute Gasteiger partial charge is 0.115 e. The maximum Gasteiger partial charge on any atom is 0.115 e. The highest BCUT2D eigenvalue weighted by Crippen LogP contribution is 2.49. The molecule has 0 radical (unpaired) electrons. The molecule has 134 valence electrons. The zero-order valence-electron chi connectivity index (χ0n) is 14.9. The topological polar surface area (TPSA) is 39.3 Å². The first kappa shape index (κ1) is 16.4. The number of phenolic OH excluding ortho intramolecular Hbond substituents is 1. The molecule has 1 aliphatic carbocycles. The van der Waals surface area contributed by atoms with E-state index in [4.69, 9.17) is 0 Å². The molecule has 5 rings (SSSR count). The third kappa shape index (κ3) is 2.43. The lowest BCUT2D eigenvalue weighted by atomic mass is 9.59. The van der Waals surface area contributed by atoms with Crippen molar-refractivity contribution in [2.24, 2.45) is 5.92 Å². The highest BCUT2D eigenvalue weighted by Gasteiger charge is 2.47. The molecule has 0 spiro atoms. The number of halogens is 1. The first-order valence-electron chi connectivity index (χ1n) is 9.32. The zero-order chi connectivity index (χ0) is 17.9. The van der Waals surface area contributed by atoms with Crippen molar-refractivity contribution in [1.82, 2.24) is 9.88 Å². The fourth-order valence-electron chi connectivity index (χ4n) is 5.26. The Kier molecular flexibility index (Phi) is 3.70. The van der Waals surface area contributed by atoms with E-state index in [2.05, 4.69) is 57.1 Å². The van der Waals surface area contributed by atoms with Gasteiger partial charge in [-0.1, -0.05) is 34.1 Å². The predicted molar refractivity (Wildman–Crippen MR) is 109 cm³/mol. The van der Waals surface area contributed by atoms with Gasteiger partial charge in [-0.2, -0.15) is 0 Å². The van der Waals surface area contributed by atoms with Crippen LogP contribution >= 0.6 is 15.9 Å². The Balaban J connectivity index is 1.68. The van der Waals surface area contributed by atoms with E-state index in [9.17, 15) is 5.11 Å². The molecule has 0 saturated carbocycles. The number of piperidine rings is 1. The SMILES string of the molecule is CN1CCC2(c3cccc(O)c3)Cc3[nH]c4cc(Br)ccc4c3CC2C1. The van der Waals surface area contributed by atoms with Crippen molar-refractivity contribution >= 4 is 26.8 Å². The molecule has 3 aromatic rings. The molecule has 2 heterocycles.